The van der Waals surface area contributed by atoms with Gasteiger partial charge in [-0.2, -0.15) is 0 Å². The maximum atomic E-state index is 13.7. The molecule has 0 saturated carbocycles. The first-order valence-corrected chi connectivity index (χ1v) is 7.73. The molecule has 25 heavy (non-hydrogen) atoms. The predicted octanol–water partition coefficient (Wildman–Crippen LogP) is 3.29. The molecule has 3 amide bonds. The van der Waals surface area contributed by atoms with E-state index in [0.717, 1.165) is 5.56 Å². The summed E-state index contributed by atoms with van der Waals surface area (Å²) in [6, 6.07) is 11.0. The maximum absolute atomic E-state index is 13.7. The van der Waals surface area contributed by atoms with Crippen molar-refractivity contribution in [1.82, 2.24) is 5.32 Å². The Hall–Kier alpha value is -3.09. The van der Waals surface area contributed by atoms with Gasteiger partial charge in [-0.1, -0.05) is 6.07 Å². The largest absolute Gasteiger partial charge is 0.497 e. The van der Waals surface area contributed by atoms with Crippen molar-refractivity contribution in [2.45, 2.75) is 13.3 Å². The number of ether oxygens (including phenoxy) is 1. The van der Waals surface area contributed by atoms with Crippen LogP contribution in [0.3, 0.4) is 0 Å². The second-order valence-electron chi connectivity index (χ2n) is 5.39. The van der Waals surface area contributed by atoms with Gasteiger partial charge in [0.05, 0.1) is 12.8 Å². The SMILES string of the molecule is COc1ccc(NC(=O)NCCC(=O)Nc2ccc(C)cc2F)cc1. The topological polar surface area (TPSA) is 79.5 Å². The number of hydrogen-bond acceptors (Lipinski definition) is 3. The molecule has 6 nitrogen and oxygen atoms in total. The first-order valence-electron chi connectivity index (χ1n) is 7.73. The summed E-state index contributed by atoms with van der Waals surface area (Å²) in [5.74, 6) is -0.183. The molecular formula is C18H20FN3O3. The minimum Gasteiger partial charge on any atom is -0.497 e. The summed E-state index contributed by atoms with van der Waals surface area (Å²) in [4.78, 5) is 23.5. The molecule has 0 spiro atoms. The molecule has 0 aliphatic carbocycles. The van der Waals surface area contributed by atoms with E-state index in [1.54, 1.807) is 44.4 Å². The molecule has 0 bridgehead atoms. The van der Waals surface area contributed by atoms with E-state index in [1.807, 2.05) is 0 Å². The number of aryl methyl sites for hydroxylation is 1. The summed E-state index contributed by atoms with van der Waals surface area (Å²) in [5, 5.41) is 7.67. The molecule has 3 N–H and O–H groups in total. The van der Waals surface area contributed by atoms with Crippen molar-refractivity contribution in [2.24, 2.45) is 0 Å². The number of amides is 3. The fourth-order valence-electron chi connectivity index (χ4n) is 2.07. The Labute approximate surface area is 145 Å². The van der Waals surface area contributed by atoms with Gasteiger partial charge in [0.2, 0.25) is 5.91 Å². The summed E-state index contributed by atoms with van der Waals surface area (Å²) in [7, 11) is 1.56. The molecular weight excluding hydrogens is 325 g/mol. The fourth-order valence-corrected chi connectivity index (χ4v) is 2.07. The molecule has 7 heteroatoms. The molecule has 0 saturated heterocycles. The third-order valence-corrected chi connectivity index (χ3v) is 3.38. The summed E-state index contributed by atoms with van der Waals surface area (Å²) >= 11 is 0. The molecule has 2 aromatic rings. The second kappa shape index (κ2) is 8.68. The van der Waals surface area contributed by atoms with Crippen LogP contribution >= 0.6 is 0 Å². The summed E-state index contributed by atoms with van der Waals surface area (Å²) in [6.07, 6.45) is 0.0311. The number of anilines is 2. The highest BCUT2D eigenvalue weighted by Crippen LogP contribution is 2.16. The zero-order valence-corrected chi connectivity index (χ0v) is 14.1. The standard InChI is InChI=1S/C18H20FN3O3/c1-12-3-8-16(15(19)11-12)22-17(23)9-10-20-18(24)21-13-4-6-14(25-2)7-5-13/h3-8,11H,9-10H2,1-2H3,(H,22,23)(H2,20,21,24). The zero-order valence-electron chi connectivity index (χ0n) is 14.1. The van der Waals surface area contributed by atoms with Gasteiger partial charge in [0.1, 0.15) is 11.6 Å². The molecule has 132 valence electrons. The van der Waals surface area contributed by atoms with E-state index in [1.165, 1.54) is 12.1 Å². The number of methoxy groups -OCH3 is 1. The summed E-state index contributed by atoms with van der Waals surface area (Å²) < 4.78 is 18.7. The van der Waals surface area contributed by atoms with Crippen molar-refractivity contribution in [3.8, 4) is 5.75 Å². The van der Waals surface area contributed by atoms with Crippen LogP contribution < -0.4 is 20.7 Å². The van der Waals surface area contributed by atoms with Crippen molar-refractivity contribution < 1.29 is 18.7 Å². The van der Waals surface area contributed by atoms with Gasteiger partial charge in [0.15, 0.2) is 0 Å². The number of benzene rings is 2. The Morgan fingerprint density at radius 3 is 2.44 bits per heavy atom. The zero-order chi connectivity index (χ0) is 18.2. The van der Waals surface area contributed by atoms with E-state index >= 15 is 0 Å². The lowest BCUT2D eigenvalue weighted by Gasteiger charge is -2.09. The van der Waals surface area contributed by atoms with Gasteiger partial charge < -0.3 is 20.7 Å². The Bertz CT molecular complexity index is 748. The van der Waals surface area contributed by atoms with Gasteiger partial charge in [-0.3, -0.25) is 4.79 Å². The second-order valence-corrected chi connectivity index (χ2v) is 5.39. The lowest BCUT2D eigenvalue weighted by atomic mass is 10.2. The molecule has 0 aliphatic rings. The lowest BCUT2D eigenvalue weighted by molar-refractivity contribution is -0.116. The summed E-state index contributed by atoms with van der Waals surface area (Å²) in [6.45, 7) is 1.89. The van der Waals surface area contributed by atoms with Crippen LogP contribution in [0.1, 0.15) is 12.0 Å². The molecule has 0 unspecified atom stereocenters. The third-order valence-electron chi connectivity index (χ3n) is 3.38. The highest BCUT2D eigenvalue weighted by atomic mass is 19.1. The Morgan fingerprint density at radius 2 is 1.80 bits per heavy atom. The molecule has 0 aliphatic heterocycles. The monoisotopic (exact) mass is 345 g/mol. The first-order chi connectivity index (χ1) is 12.0. The van der Waals surface area contributed by atoms with Gasteiger partial charge in [0.25, 0.3) is 0 Å². The number of rotatable bonds is 6. The number of carbonyl (C=O) groups is 2. The number of urea groups is 1. The van der Waals surface area contributed by atoms with E-state index in [-0.39, 0.29) is 24.6 Å². The number of hydrogen-bond donors (Lipinski definition) is 3. The molecule has 0 radical (unpaired) electrons. The fraction of sp³-hybridized carbons (Fsp3) is 0.222. The van der Waals surface area contributed by atoms with Crippen molar-refractivity contribution in [3.05, 3.63) is 53.8 Å². The van der Waals surface area contributed by atoms with Crippen molar-refractivity contribution >= 4 is 23.3 Å². The maximum Gasteiger partial charge on any atom is 0.319 e. The molecule has 0 aromatic heterocycles. The molecule has 2 rings (SSSR count). The molecule has 2 aromatic carbocycles. The van der Waals surface area contributed by atoms with Crippen molar-refractivity contribution in [3.63, 3.8) is 0 Å². The van der Waals surface area contributed by atoms with E-state index in [4.69, 9.17) is 4.74 Å². The van der Waals surface area contributed by atoms with Gasteiger partial charge in [0, 0.05) is 18.7 Å². The van der Waals surface area contributed by atoms with Crippen LogP contribution in [0.4, 0.5) is 20.6 Å². The average Bonchev–Trinajstić information content (AvgIpc) is 2.58. The molecule has 0 heterocycles. The van der Waals surface area contributed by atoms with E-state index in [0.29, 0.717) is 11.4 Å². The minimum atomic E-state index is -0.487. The quantitative estimate of drug-likeness (QED) is 0.752. The lowest BCUT2D eigenvalue weighted by Crippen LogP contribution is -2.31. The number of carbonyl (C=O) groups excluding carboxylic acids is 2. The highest BCUT2D eigenvalue weighted by molar-refractivity contribution is 5.92. The minimum absolute atomic E-state index is 0.0311. The van der Waals surface area contributed by atoms with E-state index < -0.39 is 11.8 Å². The van der Waals surface area contributed by atoms with Crippen LogP contribution in [0.15, 0.2) is 42.5 Å². The van der Waals surface area contributed by atoms with Gasteiger partial charge in [-0.15, -0.1) is 0 Å². The van der Waals surface area contributed by atoms with E-state index in [9.17, 15) is 14.0 Å². The Morgan fingerprint density at radius 1 is 1.08 bits per heavy atom. The van der Waals surface area contributed by atoms with Crippen molar-refractivity contribution in [1.29, 1.82) is 0 Å². The van der Waals surface area contributed by atoms with Crippen LogP contribution in [0, 0.1) is 12.7 Å². The Kier molecular flexibility index (Phi) is 6.33. The van der Waals surface area contributed by atoms with Crippen molar-refractivity contribution in [2.75, 3.05) is 24.3 Å². The highest BCUT2D eigenvalue weighted by Gasteiger charge is 2.08. The smallest absolute Gasteiger partial charge is 0.319 e. The van der Waals surface area contributed by atoms with Crippen LogP contribution in [-0.4, -0.2) is 25.6 Å². The predicted molar refractivity (Wildman–Crippen MR) is 94.4 cm³/mol. The van der Waals surface area contributed by atoms with Gasteiger partial charge >= 0.3 is 6.03 Å². The number of nitrogens with one attached hydrogen (secondary N) is 3. The normalized spacial score (nSPS) is 10.0. The Balaban J connectivity index is 1.73. The summed E-state index contributed by atoms with van der Waals surface area (Å²) in [5.41, 5.74) is 1.50. The van der Waals surface area contributed by atoms with Gasteiger partial charge in [-0.25, -0.2) is 9.18 Å². The van der Waals surface area contributed by atoms with Crippen LogP contribution in [0.25, 0.3) is 0 Å². The third kappa shape index (κ3) is 5.80. The van der Waals surface area contributed by atoms with Crippen LogP contribution in [0.5, 0.6) is 5.75 Å². The van der Waals surface area contributed by atoms with Gasteiger partial charge in [-0.05, 0) is 48.9 Å². The number of halogens is 1. The molecule has 0 atom stereocenters. The average molecular weight is 345 g/mol. The first kappa shape index (κ1) is 18.3. The van der Waals surface area contributed by atoms with E-state index in [2.05, 4.69) is 16.0 Å². The van der Waals surface area contributed by atoms with Crippen LogP contribution in [0.2, 0.25) is 0 Å². The van der Waals surface area contributed by atoms with Crippen LogP contribution in [-0.2, 0) is 4.79 Å². The molecule has 0 fully saturated rings.